The van der Waals surface area contributed by atoms with Gasteiger partial charge in [0.15, 0.2) is 0 Å². The van der Waals surface area contributed by atoms with Crippen LogP contribution in [0.4, 0.5) is 0 Å². The highest BCUT2D eigenvalue weighted by Gasteiger charge is 2.28. The molecule has 1 aliphatic heterocycles. The van der Waals surface area contributed by atoms with Crippen molar-refractivity contribution in [2.24, 2.45) is 5.73 Å². The lowest BCUT2D eigenvalue weighted by molar-refractivity contribution is -0.121. The Morgan fingerprint density at radius 1 is 1.48 bits per heavy atom. The minimum atomic E-state index is -0.0479. The standard InChI is InChI=1S/C15H24N4O2/c1-11-13(6-8-17-11)15(21)19-9-3-2-4-12(19)10-18-14(20)5-7-16/h6,8,12,17H,2-5,7,9-10,16H2,1H3,(H,18,20). The Hall–Kier alpha value is -1.82. The summed E-state index contributed by atoms with van der Waals surface area (Å²) in [5.74, 6) is -0.000165. The number of aryl methyl sites for hydroxylation is 1. The van der Waals surface area contributed by atoms with E-state index >= 15 is 0 Å². The molecule has 116 valence electrons. The van der Waals surface area contributed by atoms with Gasteiger partial charge in [-0.05, 0) is 32.3 Å². The van der Waals surface area contributed by atoms with Crippen molar-refractivity contribution in [3.63, 3.8) is 0 Å². The van der Waals surface area contributed by atoms with Crippen LogP contribution >= 0.6 is 0 Å². The lowest BCUT2D eigenvalue weighted by Gasteiger charge is -2.36. The molecule has 1 aliphatic rings. The van der Waals surface area contributed by atoms with E-state index in [1.165, 1.54) is 0 Å². The Balaban J connectivity index is 2.00. The van der Waals surface area contributed by atoms with Gasteiger partial charge in [-0.2, -0.15) is 0 Å². The number of piperidine rings is 1. The molecule has 1 aromatic rings. The maximum Gasteiger partial charge on any atom is 0.255 e. The van der Waals surface area contributed by atoms with E-state index < -0.39 is 0 Å². The van der Waals surface area contributed by atoms with Gasteiger partial charge in [0.1, 0.15) is 0 Å². The average molecular weight is 292 g/mol. The predicted octanol–water partition coefficient (Wildman–Crippen LogP) is 0.783. The molecule has 2 amide bonds. The van der Waals surface area contributed by atoms with E-state index in [2.05, 4.69) is 10.3 Å². The fourth-order valence-electron chi connectivity index (χ4n) is 2.77. The molecular formula is C15H24N4O2. The van der Waals surface area contributed by atoms with Crippen LogP contribution in [0.1, 0.15) is 41.7 Å². The van der Waals surface area contributed by atoms with E-state index in [0.717, 1.165) is 37.1 Å². The maximum absolute atomic E-state index is 12.6. The van der Waals surface area contributed by atoms with Crippen LogP contribution in [0.5, 0.6) is 0 Å². The van der Waals surface area contributed by atoms with Crippen molar-refractivity contribution in [3.05, 3.63) is 23.5 Å². The molecule has 0 bridgehead atoms. The fourth-order valence-corrected chi connectivity index (χ4v) is 2.77. The molecule has 1 fully saturated rings. The molecule has 0 aromatic carbocycles. The first-order chi connectivity index (χ1) is 10.1. The van der Waals surface area contributed by atoms with Gasteiger partial charge >= 0.3 is 0 Å². The molecule has 2 rings (SSSR count). The minimum Gasteiger partial charge on any atom is -0.365 e. The molecule has 4 N–H and O–H groups in total. The lowest BCUT2D eigenvalue weighted by atomic mass is 10.0. The topological polar surface area (TPSA) is 91.2 Å². The molecule has 1 saturated heterocycles. The minimum absolute atomic E-state index is 0.0477. The summed E-state index contributed by atoms with van der Waals surface area (Å²) in [5, 5.41) is 2.88. The molecule has 0 saturated carbocycles. The summed E-state index contributed by atoms with van der Waals surface area (Å²) in [6.07, 6.45) is 5.15. The summed E-state index contributed by atoms with van der Waals surface area (Å²) in [6, 6.07) is 1.89. The molecule has 6 heteroatoms. The predicted molar refractivity (Wildman–Crippen MR) is 80.9 cm³/mol. The number of likely N-dealkylation sites (tertiary alicyclic amines) is 1. The van der Waals surface area contributed by atoms with Gasteiger partial charge in [-0.25, -0.2) is 0 Å². The number of nitrogens with one attached hydrogen (secondary N) is 2. The van der Waals surface area contributed by atoms with E-state index in [1.54, 1.807) is 6.20 Å². The second-order valence-electron chi connectivity index (χ2n) is 5.51. The number of nitrogens with zero attached hydrogens (tertiary/aromatic N) is 1. The molecule has 0 radical (unpaired) electrons. The molecule has 0 spiro atoms. The van der Waals surface area contributed by atoms with Crippen LogP contribution in [0.2, 0.25) is 0 Å². The van der Waals surface area contributed by atoms with Gasteiger partial charge in [0.2, 0.25) is 5.91 Å². The van der Waals surface area contributed by atoms with Crippen LogP contribution in [0, 0.1) is 6.92 Å². The van der Waals surface area contributed by atoms with E-state index in [0.29, 0.717) is 19.5 Å². The normalized spacial score (nSPS) is 18.6. The molecule has 21 heavy (non-hydrogen) atoms. The molecule has 1 unspecified atom stereocenters. The quantitative estimate of drug-likeness (QED) is 0.749. The summed E-state index contributed by atoms with van der Waals surface area (Å²) in [7, 11) is 0. The van der Waals surface area contributed by atoms with Gasteiger partial charge in [-0.1, -0.05) is 0 Å². The Morgan fingerprint density at radius 2 is 2.29 bits per heavy atom. The van der Waals surface area contributed by atoms with Crippen molar-refractivity contribution in [2.45, 2.75) is 38.6 Å². The number of hydrogen-bond donors (Lipinski definition) is 3. The number of carbonyl (C=O) groups is 2. The van der Waals surface area contributed by atoms with Gasteiger partial charge in [-0.3, -0.25) is 9.59 Å². The second-order valence-corrected chi connectivity index (χ2v) is 5.51. The molecule has 6 nitrogen and oxygen atoms in total. The number of aromatic amines is 1. The zero-order valence-electron chi connectivity index (χ0n) is 12.5. The first kappa shape index (κ1) is 15.6. The van der Waals surface area contributed by atoms with Gasteiger partial charge in [0.25, 0.3) is 5.91 Å². The first-order valence-corrected chi connectivity index (χ1v) is 7.55. The smallest absolute Gasteiger partial charge is 0.255 e. The van der Waals surface area contributed by atoms with E-state index in [9.17, 15) is 9.59 Å². The van der Waals surface area contributed by atoms with Gasteiger partial charge < -0.3 is 20.9 Å². The van der Waals surface area contributed by atoms with Gasteiger partial charge in [0, 0.05) is 44.0 Å². The highest BCUT2D eigenvalue weighted by Crippen LogP contribution is 2.20. The average Bonchev–Trinajstić information content (AvgIpc) is 2.91. The Bertz CT molecular complexity index is 498. The summed E-state index contributed by atoms with van der Waals surface area (Å²) in [6.45, 7) is 3.51. The number of aromatic nitrogens is 1. The van der Waals surface area contributed by atoms with Crippen LogP contribution in [0.25, 0.3) is 0 Å². The highest BCUT2D eigenvalue weighted by atomic mass is 16.2. The summed E-state index contributed by atoms with van der Waals surface area (Å²) >= 11 is 0. The van der Waals surface area contributed by atoms with Crippen LogP contribution in [0.15, 0.2) is 12.3 Å². The molecule has 1 aromatic heterocycles. The third kappa shape index (κ3) is 3.85. The third-order valence-corrected chi connectivity index (χ3v) is 3.98. The molecule has 1 atom stereocenters. The zero-order chi connectivity index (χ0) is 15.2. The number of amides is 2. The van der Waals surface area contributed by atoms with E-state index in [-0.39, 0.29) is 17.9 Å². The van der Waals surface area contributed by atoms with Crippen molar-refractivity contribution in [2.75, 3.05) is 19.6 Å². The molecule has 2 heterocycles. The second kappa shape index (κ2) is 7.26. The van der Waals surface area contributed by atoms with Crippen LogP contribution in [0.3, 0.4) is 0 Å². The molecular weight excluding hydrogens is 268 g/mol. The Morgan fingerprint density at radius 3 is 2.95 bits per heavy atom. The first-order valence-electron chi connectivity index (χ1n) is 7.55. The Labute approximate surface area is 125 Å². The number of H-pyrrole nitrogens is 1. The lowest BCUT2D eigenvalue weighted by Crippen LogP contribution is -2.49. The van der Waals surface area contributed by atoms with E-state index in [1.807, 2.05) is 17.9 Å². The largest absolute Gasteiger partial charge is 0.365 e. The van der Waals surface area contributed by atoms with Gasteiger partial charge in [0.05, 0.1) is 5.56 Å². The SMILES string of the molecule is Cc1[nH]ccc1C(=O)N1CCCCC1CNC(=O)CCN. The monoisotopic (exact) mass is 292 g/mol. The van der Waals surface area contributed by atoms with E-state index in [4.69, 9.17) is 5.73 Å². The van der Waals surface area contributed by atoms with Crippen molar-refractivity contribution in [1.29, 1.82) is 0 Å². The van der Waals surface area contributed by atoms with Gasteiger partial charge in [-0.15, -0.1) is 0 Å². The number of hydrogen-bond acceptors (Lipinski definition) is 3. The summed E-state index contributed by atoms with van der Waals surface area (Å²) < 4.78 is 0. The van der Waals surface area contributed by atoms with Crippen molar-refractivity contribution in [1.82, 2.24) is 15.2 Å². The van der Waals surface area contributed by atoms with Crippen molar-refractivity contribution >= 4 is 11.8 Å². The number of rotatable bonds is 5. The molecule has 0 aliphatic carbocycles. The maximum atomic E-state index is 12.6. The van der Waals surface area contributed by atoms with Crippen LogP contribution < -0.4 is 11.1 Å². The number of nitrogens with two attached hydrogens (primary N) is 1. The van der Waals surface area contributed by atoms with Crippen molar-refractivity contribution < 1.29 is 9.59 Å². The summed E-state index contributed by atoms with van der Waals surface area (Å²) in [5.41, 5.74) is 6.97. The van der Waals surface area contributed by atoms with Crippen molar-refractivity contribution in [3.8, 4) is 0 Å². The Kier molecular flexibility index (Phi) is 5.38. The third-order valence-electron chi connectivity index (χ3n) is 3.98. The fraction of sp³-hybridized carbons (Fsp3) is 0.600. The van der Waals surface area contributed by atoms with Crippen LogP contribution in [-0.4, -0.2) is 47.4 Å². The summed E-state index contributed by atoms with van der Waals surface area (Å²) in [4.78, 5) is 29.1. The zero-order valence-corrected chi connectivity index (χ0v) is 12.5. The highest BCUT2D eigenvalue weighted by molar-refractivity contribution is 5.95. The van der Waals surface area contributed by atoms with Crippen LogP contribution in [-0.2, 0) is 4.79 Å². The number of carbonyl (C=O) groups excluding carboxylic acids is 2.